The van der Waals surface area contributed by atoms with Crippen molar-refractivity contribution in [3.63, 3.8) is 0 Å². The molecule has 0 fully saturated rings. The molecule has 0 saturated heterocycles. The number of hydrogen-bond acceptors (Lipinski definition) is 2. The Bertz CT molecular complexity index is 123. The third-order valence-corrected chi connectivity index (χ3v) is 1.87. The zero-order valence-corrected chi connectivity index (χ0v) is 9.18. The maximum Gasteiger partial charge on any atom is 0.0650 e. The van der Waals surface area contributed by atoms with E-state index in [1.54, 1.807) is 0 Å². The normalized spacial score (nSPS) is 13.8. The van der Waals surface area contributed by atoms with E-state index >= 15 is 0 Å². The van der Waals surface area contributed by atoms with Crippen LogP contribution in [0, 0.1) is 0 Å². The molecule has 0 rings (SSSR count). The lowest BCUT2D eigenvalue weighted by Crippen LogP contribution is -2.21. The average Bonchev–Trinajstić information content (AvgIpc) is 2.13. The van der Waals surface area contributed by atoms with Gasteiger partial charge in [0, 0.05) is 0 Å². The summed E-state index contributed by atoms with van der Waals surface area (Å²) >= 11 is 0. The summed E-state index contributed by atoms with van der Waals surface area (Å²) in [6, 6.07) is 0. The Hall–Kier alpha value is -0.340. The first-order valence-corrected chi connectivity index (χ1v) is 5.24. The molecule has 1 atom stereocenters. The first kappa shape index (κ1) is 12.7. The van der Waals surface area contributed by atoms with Crippen molar-refractivity contribution in [2.24, 2.45) is 0 Å². The van der Waals surface area contributed by atoms with Crippen molar-refractivity contribution in [2.45, 2.75) is 39.7 Å². The molecule has 0 bridgehead atoms. The minimum atomic E-state index is 0.362. The van der Waals surface area contributed by atoms with Crippen LogP contribution in [0.25, 0.3) is 0 Å². The number of hydrogen-bond donors (Lipinski definition) is 1. The second-order valence-corrected chi connectivity index (χ2v) is 3.25. The summed E-state index contributed by atoms with van der Waals surface area (Å²) in [4.78, 5) is 0. The minimum absolute atomic E-state index is 0.362. The predicted molar refractivity (Wildman–Crippen MR) is 58.0 cm³/mol. The van der Waals surface area contributed by atoms with Crippen LogP contribution in [-0.4, -0.2) is 25.8 Å². The van der Waals surface area contributed by atoms with E-state index in [-0.39, 0.29) is 0 Å². The van der Waals surface area contributed by atoms with Crippen molar-refractivity contribution in [2.75, 3.05) is 19.7 Å². The van der Waals surface area contributed by atoms with Crippen LogP contribution in [0.1, 0.15) is 33.6 Å². The van der Waals surface area contributed by atoms with Gasteiger partial charge >= 0.3 is 0 Å². The van der Waals surface area contributed by atoms with E-state index in [9.17, 15) is 0 Å². The maximum absolute atomic E-state index is 5.54. The van der Waals surface area contributed by atoms with Crippen molar-refractivity contribution in [3.8, 4) is 0 Å². The largest absolute Gasteiger partial charge is 0.374 e. The second kappa shape index (κ2) is 9.75. The Morgan fingerprint density at radius 3 is 2.77 bits per heavy atom. The van der Waals surface area contributed by atoms with Crippen LogP contribution in [0.5, 0.6) is 0 Å². The molecule has 0 radical (unpaired) electrons. The zero-order valence-electron chi connectivity index (χ0n) is 9.18. The van der Waals surface area contributed by atoms with E-state index in [0.29, 0.717) is 6.10 Å². The van der Waals surface area contributed by atoms with Gasteiger partial charge in [-0.2, -0.15) is 0 Å². The molecule has 0 aliphatic heterocycles. The molecule has 0 aromatic carbocycles. The van der Waals surface area contributed by atoms with E-state index < -0.39 is 0 Å². The van der Waals surface area contributed by atoms with Crippen LogP contribution in [0.3, 0.4) is 0 Å². The molecular weight excluding hydrogens is 162 g/mol. The highest BCUT2D eigenvalue weighted by Gasteiger charge is 1.99. The van der Waals surface area contributed by atoms with Crippen molar-refractivity contribution in [1.29, 1.82) is 0 Å². The Kier molecular flexibility index (Phi) is 9.49. The Balaban J connectivity index is 3.14. The molecule has 2 nitrogen and oxygen atoms in total. The Morgan fingerprint density at radius 1 is 1.38 bits per heavy atom. The van der Waals surface area contributed by atoms with Gasteiger partial charge in [0.05, 0.1) is 12.7 Å². The van der Waals surface area contributed by atoms with Crippen LogP contribution < -0.4 is 5.32 Å². The van der Waals surface area contributed by atoms with Gasteiger partial charge in [-0.3, -0.25) is 0 Å². The predicted octanol–water partition coefficient (Wildman–Crippen LogP) is 2.36. The zero-order chi connectivity index (χ0) is 9.94. The Labute approximate surface area is 82.4 Å². The quantitative estimate of drug-likeness (QED) is 0.463. The standard InChI is InChI=1S/C11H23NO/c1-4-6-10-13-11(3)7-9-12-8-5-2/h4,6,11-12H,5,7-10H2,1-3H3. The molecule has 0 amide bonds. The van der Waals surface area contributed by atoms with Gasteiger partial charge in [0.15, 0.2) is 0 Å². The highest BCUT2D eigenvalue weighted by atomic mass is 16.5. The van der Waals surface area contributed by atoms with Crippen molar-refractivity contribution in [3.05, 3.63) is 12.2 Å². The summed E-state index contributed by atoms with van der Waals surface area (Å²) in [6.45, 7) is 9.23. The molecule has 13 heavy (non-hydrogen) atoms. The molecule has 0 aromatic heterocycles. The SMILES string of the molecule is CC=CCOC(C)CCNCCC. The lowest BCUT2D eigenvalue weighted by Gasteiger charge is -2.11. The van der Waals surface area contributed by atoms with Crippen LogP contribution in [0.15, 0.2) is 12.2 Å². The molecule has 0 aromatic rings. The van der Waals surface area contributed by atoms with Gasteiger partial charge in [-0.1, -0.05) is 19.1 Å². The van der Waals surface area contributed by atoms with E-state index in [0.717, 1.165) is 26.1 Å². The molecule has 2 heteroatoms. The summed E-state index contributed by atoms with van der Waals surface area (Å²) in [6.07, 6.45) is 6.71. The van der Waals surface area contributed by atoms with Gasteiger partial charge in [-0.25, -0.2) is 0 Å². The lowest BCUT2D eigenvalue weighted by atomic mass is 10.3. The van der Waals surface area contributed by atoms with E-state index in [1.165, 1.54) is 6.42 Å². The van der Waals surface area contributed by atoms with E-state index in [2.05, 4.69) is 19.2 Å². The first-order valence-electron chi connectivity index (χ1n) is 5.24. The fourth-order valence-electron chi connectivity index (χ4n) is 1.01. The molecule has 1 unspecified atom stereocenters. The molecule has 0 heterocycles. The third kappa shape index (κ3) is 9.57. The summed E-state index contributed by atoms with van der Waals surface area (Å²) < 4.78 is 5.54. The first-order chi connectivity index (χ1) is 6.31. The van der Waals surface area contributed by atoms with Gasteiger partial charge < -0.3 is 10.1 Å². The lowest BCUT2D eigenvalue weighted by molar-refractivity contribution is 0.0820. The minimum Gasteiger partial charge on any atom is -0.374 e. The van der Waals surface area contributed by atoms with Gasteiger partial charge in [0.25, 0.3) is 0 Å². The van der Waals surface area contributed by atoms with Gasteiger partial charge in [0.2, 0.25) is 0 Å². The van der Waals surface area contributed by atoms with Gasteiger partial charge in [-0.05, 0) is 39.8 Å². The van der Waals surface area contributed by atoms with Crippen molar-refractivity contribution in [1.82, 2.24) is 5.32 Å². The van der Waals surface area contributed by atoms with Crippen molar-refractivity contribution >= 4 is 0 Å². The topological polar surface area (TPSA) is 21.3 Å². The number of allylic oxidation sites excluding steroid dienone is 1. The molecule has 0 aliphatic carbocycles. The average molecular weight is 185 g/mol. The number of ether oxygens (including phenoxy) is 1. The molecule has 0 saturated carbocycles. The number of rotatable bonds is 8. The van der Waals surface area contributed by atoms with Gasteiger partial charge in [-0.15, -0.1) is 0 Å². The molecule has 0 spiro atoms. The van der Waals surface area contributed by atoms with Crippen molar-refractivity contribution < 1.29 is 4.74 Å². The van der Waals surface area contributed by atoms with Gasteiger partial charge in [0.1, 0.15) is 0 Å². The monoisotopic (exact) mass is 185 g/mol. The Morgan fingerprint density at radius 2 is 2.15 bits per heavy atom. The summed E-state index contributed by atoms with van der Waals surface area (Å²) in [5.41, 5.74) is 0. The molecule has 1 N–H and O–H groups in total. The summed E-state index contributed by atoms with van der Waals surface area (Å²) in [5, 5.41) is 3.36. The number of nitrogens with one attached hydrogen (secondary N) is 1. The summed E-state index contributed by atoms with van der Waals surface area (Å²) in [5.74, 6) is 0. The second-order valence-electron chi connectivity index (χ2n) is 3.25. The molecule has 0 aliphatic rings. The van der Waals surface area contributed by atoms with Crippen LogP contribution >= 0.6 is 0 Å². The van der Waals surface area contributed by atoms with Crippen LogP contribution in [0.4, 0.5) is 0 Å². The highest BCUT2D eigenvalue weighted by Crippen LogP contribution is 1.95. The smallest absolute Gasteiger partial charge is 0.0650 e. The molecule has 78 valence electrons. The van der Waals surface area contributed by atoms with E-state index in [4.69, 9.17) is 4.74 Å². The highest BCUT2D eigenvalue weighted by molar-refractivity contribution is 4.76. The third-order valence-electron chi connectivity index (χ3n) is 1.87. The van der Waals surface area contributed by atoms with Crippen LogP contribution in [-0.2, 0) is 4.74 Å². The molecular formula is C11H23NO. The van der Waals surface area contributed by atoms with Crippen LogP contribution in [0.2, 0.25) is 0 Å². The maximum atomic E-state index is 5.54. The fraction of sp³-hybridized carbons (Fsp3) is 0.818. The summed E-state index contributed by atoms with van der Waals surface area (Å²) in [7, 11) is 0. The fourth-order valence-corrected chi connectivity index (χ4v) is 1.01. The van der Waals surface area contributed by atoms with E-state index in [1.807, 2.05) is 19.1 Å².